The van der Waals surface area contributed by atoms with Gasteiger partial charge in [-0.2, -0.15) is 0 Å². The molecule has 144 valence electrons. The summed E-state index contributed by atoms with van der Waals surface area (Å²) in [5.74, 6) is 1.36. The molecule has 0 aliphatic carbocycles. The van der Waals surface area contributed by atoms with Crippen molar-refractivity contribution >= 4 is 27.7 Å². The normalized spacial score (nSPS) is 10.2. The van der Waals surface area contributed by atoms with Gasteiger partial charge in [0.25, 0.3) is 5.91 Å². The number of hydrogen-bond donors (Lipinski definition) is 1. The number of rotatable bonds is 7. The molecule has 1 aromatic heterocycles. The maximum atomic E-state index is 12.6. The molecule has 0 saturated heterocycles. The topological polar surface area (TPSA) is 69.7 Å². The average Bonchev–Trinajstić information content (AvgIpc) is 2.73. The number of nitrogens with one attached hydrogen (secondary N) is 1. The SMILES string of the molecule is COc1cc(C(=O)Nc2ccc(Br)cn2)cc(OC)c1OCc1ccccc1. The molecule has 0 spiro atoms. The number of nitrogens with zero attached hydrogens (tertiary/aromatic N) is 1. The number of carbonyl (C=O) groups is 1. The predicted molar refractivity (Wildman–Crippen MR) is 110 cm³/mol. The molecule has 3 rings (SSSR count). The number of anilines is 1. The lowest BCUT2D eigenvalue weighted by molar-refractivity contribution is 0.102. The maximum Gasteiger partial charge on any atom is 0.257 e. The van der Waals surface area contributed by atoms with Gasteiger partial charge in [-0.05, 0) is 45.8 Å². The average molecular weight is 443 g/mol. The van der Waals surface area contributed by atoms with Crippen molar-refractivity contribution < 1.29 is 19.0 Å². The fourth-order valence-corrected chi connectivity index (χ4v) is 2.76. The summed E-state index contributed by atoms with van der Waals surface area (Å²) in [5, 5.41) is 2.74. The Bertz CT molecular complexity index is 921. The number of hydrogen-bond acceptors (Lipinski definition) is 5. The molecule has 0 aliphatic rings. The van der Waals surface area contributed by atoms with Crippen LogP contribution in [0.1, 0.15) is 15.9 Å². The Morgan fingerprint density at radius 1 is 1.04 bits per heavy atom. The third-order valence-electron chi connectivity index (χ3n) is 3.92. The number of amides is 1. The molecule has 3 aromatic rings. The molecule has 7 heteroatoms. The molecule has 0 saturated carbocycles. The zero-order valence-electron chi connectivity index (χ0n) is 15.4. The molecule has 6 nitrogen and oxygen atoms in total. The van der Waals surface area contributed by atoms with E-state index in [0.29, 0.717) is 35.2 Å². The number of pyridine rings is 1. The van der Waals surface area contributed by atoms with Gasteiger partial charge in [0.1, 0.15) is 12.4 Å². The molecule has 0 aliphatic heterocycles. The maximum absolute atomic E-state index is 12.6. The van der Waals surface area contributed by atoms with Gasteiger partial charge in [0.05, 0.1) is 14.2 Å². The van der Waals surface area contributed by atoms with Crippen LogP contribution in [0, 0.1) is 0 Å². The first-order valence-corrected chi connectivity index (χ1v) is 9.25. The van der Waals surface area contributed by atoms with Gasteiger partial charge in [-0.1, -0.05) is 30.3 Å². The third kappa shape index (κ3) is 4.80. The van der Waals surface area contributed by atoms with Crippen LogP contribution in [0.5, 0.6) is 17.2 Å². The van der Waals surface area contributed by atoms with Gasteiger partial charge in [0.15, 0.2) is 11.5 Å². The molecular weight excluding hydrogens is 424 g/mol. The summed E-state index contributed by atoms with van der Waals surface area (Å²) in [6.07, 6.45) is 1.61. The molecule has 0 unspecified atom stereocenters. The molecule has 28 heavy (non-hydrogen) atoms. The minimum absolute atomic E-state index is 0.332. The van der Waals surface area contributed by atoms with E-state index in [1.807, 2.05) is 30.3 Å². The van der Waals surface area contributed by atoms with Crippen LogP contribution < -0.4 is 19.5 Å². The van der Waals surface area contributed by atoms with Crippen LogP contribution >= 0.6 is 15.9 Å². The summed E-state index contributed by atoms with van der Waals surface area (Å²) in [4.78, 5) is 16.8. The third-order valence-corrected chi connectivity index (χ3v) is 4.39. The minimum Gasteiger partial charge on any atom is -0.493 e. The van der Waals surface area contributed by atoms with Crippen molar-refractivity contribution in [2.45, 2.75) is 6.61 Å². The predicted octanol–water partition coefficient (Wildman–Crippen LogP) is 4.69. The standard InChI is InChI=1S/C21H19BrN2O4/c1-26-17-10-15(21(25)24-19-9-8-16(22)12-23-19)11-18(27-2)20(17)28-13-14-6-4-3-5-7-14/h3-12H,13H2,1-2H3,(H,23,24,25). The van der Waals surface area contributed by atoms with Crippen molar-refractivity contribution in [3.63, 3.8) is 0 Å². The number of aromatic nitrogens is 1. The van der Waals surface area contributed by atoms with Gasteiger partial charge in [-0.15, -0.1) is 0 Å². The van der Waals surface area contributed by atoms with E-state index in [4.69, 9.17) is 14.2 Å². The van der Waals surface area contributed by atoms with Crippen LogP contribution in [0.2, 0.25) is 0 Å². The van der Waals surface area contributed by atoms with E-state index in [2.05, 4.69) is 26.2 Å². The Morgan fingerprint density at radius 2 is 1.71 bits per heavy atom. The van der Waals surface area contributed by atoms with Crippen molar-refractivity contribution in [3.8, 4) is 17.2 Å². The zero-order valence-corrected chi connectivity index (χ0v) is 17.0. The lowest BCUT2D eigenvalue weighted by Crippen LogP contribution is -2.13. The van der Waals surface area contributed by atoms with E-state index in [9.17, 15) is 4.79 Å². The van der Waals surface area contributed by atoms with E-state index in [1.165, 1.54) is 14.2 Å². The van der Waals surface area contributed by atoms with E-state index in [-0.39, 0.29) is 5.91 Å². The highest BCUT2D eigenvalue weighted by Crippen LogP contribution is 2.39. The van der Waals surface area contributed by atoms with E-state index >= 15 is 0 Å². The first kappa shape index (κ1) is 19.7. The molecule has 2 aromatic carbocycles. The fourth-order valence-electron chi connectivity index (χ4n) is 2.52. The molecule has 1 N–H and O–H groups in total. The first-order chi connectivity index (χ1) is 13.6. The smallest absolute Gasteiger partial charge is 0.257 e. The van der Waals surface area contributed by atoms with Crippen molar-refractivity contribution in [2.75, 3.05) is 19.5 Å². The Kier molecular flexibility index (Phi) is 6.49. The van der Waals surface area contributed by atoms with Crippen LogP contribution in [0.3, 0.4) is 0 Å². The van der Waals surface area contributed by atoms with Gasteiger partial charge < -0.3 is 19.5 Å². The van der Waals surface area contributed by atoms with Gasteiger partial charge in [0, 0.05) is 16.2 Å². The second-order valence-corrected chi connectivity index (χ2v) is 6.72. The number of carbonyl (C=O) groups excluding carboxylic acids is 1. The highest BCUT2D eigenvalue weighted by molar-refractivity contribution is 9.10. The second kappa shape index (κ2) is 9.23. The number of halogens is 1. The summed E-state index contributed by atoms with van der Waals surface area (Å²) < 4.78 is 17.6. The van der Waals surface area contributed by atoms with Gasteiger partial charge in [-0.25, -0.2) is 4.98 Å². The summed E-state index contributed by atoms with van der Waals surface area (Å²) in [5.41, 5.74) is 1.38. The van der Waals surface area contributed by atoms with Gasteiger partial charge >= 0.3 is 0 Å². The zero-order chi connectivity index (χ0) is 19.9. The van der Waals surface area contributed by atoms with Crippen LogP contribution in [-0.2, 0) is 6.61 Å². The van der Waals surface area contributed by atoms with Crippen molar-refractivity contribution in [3.05, 3.63) is 76.4 Å². The van der Waals surface area contributed by atoms with Crippen molar-refractivity contribution in [1.29, 1.82) is 0 Å². The monoisotopic (exact) mass is 442 g/mol. The summed E-state index contributed by atoms with van der Waals surface area (Å²) in [7, 11) is 3.03. The molecule has 0 bridgehead atoms. The summed E-state index contributed by atoms with van der Waals surface area (Å²) in [6.45, 7) is 0.349. The van der Waals surface area contributed by atoms with E-state index < -0.39 is 0 Å². The fraction of sp³-hybridized carbons (Fsp3) is 0.143. The minimum atomic E-state index is -0.332. The largest absolute Gasteiger partial charge is 0.493 e. The summed E-state index contributed by atoms with van der Waals surface area (Å²) >= 11 is 3.31. The Labute approximate surface area is 171 Å². The van der Waals surface area contributed by atoms with E-state index in [1.54, 1.807) is 30.5 Å². The lowest BCUT2D eigenvalue weighted by Gasteiger charge is -2.16. The van der Waals surface area contributed by atoms with E-state index in [0.717, 1.165) is 10.0 Å². The second-order valence-electron chi connectivity index (χ2n) is 5.80. The number of methoxy groups -OCH3 is 2. The van der Waals surface area contributed by atoms with Crippen molar-refractivity contribution in [2.24, 2.45) is 0 Å². The van der Waals surface area contributed by atoms with Crippen molar-refractivity contribution in [1.82, 2.24) is 4.98 Å². The van der Waals surface area contributed by atoms with Crippen LogP contribution in [-0.4, -0.2) is 25.1 Å². The molecule has 1 heterocycles. The Hall–Kier alpha value is -3.06. The molecular formula is C21H19BrN2O4. The highest BCUT2D eigenvalue weighted by Gasteiger charge is 2.18. The first-order valence-electron chi connectivity index (χ1n) is 8.46. The molecule has 0 radical (unpaired) electrons. The number of benzene rings is 2. The van der Waals surface area contributed by atoms with Crippen LogP contribution in [0.15, 0.2) is 65.3 Å². The summed E-state index contributed by atoms with van der Waals surface area (Å²) in [6, 6.07) is 16.5. The lowest BCUT2D eigenvalue weighted by atomic mass is 10.1. The van der Waals surface area contributed by atoms with Gasteiger partial charge in [-0.3, -0.25) is 4.79 Å². The quantitative estimate of drug-likeness (QED) is 0.574. The van der Waals surface area contributed by atoms with Gasteiger partial charge in [0.2, 0.25) is 5.75 Å². The van der Waals surface area contributed by atoms with Crippen LogP contribution in [0.25, 0.3) is 0 Å². The Morgan fingerprint density at radius 3 is 2.29 bits per heavy atom. The molecule has 0 atom stereocenters. The number of ether oxygens (including phenoxy) is 3. The molecule has 1 amide bonds. The highest BCUT2D eigenvalue weighted by atomic mass is 79.9. The Balaban J connectivity index is 1.83. The molecule has 0 fully saturated rings. The van der Waals surface area contributed by atoms with Crippen LogP contribution in [0.4, 0.5) is 5.82 Å².